The summed E-state index contributed by atoms with van der Waals surface area (Å²) in [6.07, 6.45) is 1.59. The average Bonchev–Trinajstić information content (AvgIpc) is 3.01. The Kier molecular flexibility index (Phi) is 6.78. The van der Waals surface area contributed by atoms with Crippen molar-refractivity contribution in [3.05, 3.63) is 45.2 Å². The van der Waals surface area contributed by atoms with Crippen LogP contribution in [0.15, 0.2) is 38.1 Å². The fraction of sp³-hybridized carbons (Fsp3) is 0.450. The van der Waals surface area contributed by atoms with E-state index in [0.29, 0.717) is 11.1 Å². The fourth-order valence-corrected chi connectivity index (χ4v) is 4.22. The third kappa shape index (κ3) is 5.16. The lowest BCUT2D eigenvalue weighted by molar-refractivity contribution is -0.157. The molecule has 10 heteroatoms. The number of nitrogens with zero attached hydrogens (tertiary/aromatic N) is 2. The first-order chi connectivity index (χ1) is 14.1. The van der Waals surface area contributed by atoms with Crippen molar-refractivity contribution in [3.63, 3.8) is 0 Å². The quantitative estimate of drug-likeness (QED) is 0.327. The van der Waals surface area contributed by atoms with E-state index < -0.39 is 31.6 Å². The SMILES string of the molecule is C[Si](C)(C)CCOCN1C(=O)CCC(n2cc(-c3ccc(Br)cc3F)oc2=O)C1=O. The summed E-state index contributed by atoms with van der Waals surface area (Å²) in [6.45, 7) is 6.96. The zero-order chi connectivity index (χ0) is 22.1. The van der Waals surface area contributed by atoms with Gasteiger partial charge in [-0.15, -0.1) is 0 Å². The summed E-state index contributed by atoms with van der Waals surface area (Å²) in [7, 11) is -1.29. The van der Waals surface area contributed by atoms with Gasteiger partial charge in [-0.2, -0.15) is 0 Å². The second-order valence-corrected chi connectivity index (χ2v) is 15.0. The predicted molar refractivity (Wildman–Crippen MR) is 115 cm³/mol. The molecule has 1 aromatic heterocycles. The van der Waals surface area contributed by atoms with Gasteiger partial charge in [0.25, 0.3) is 5.91 Å². The van der Waals surface area contributed by atoms with E-state index in [1.807, 2.05) is 0 Å². The Bertz CT molecular complexity index is 1010. The van der Waals surface area contributed by atoms with E-state index in [0.717, 1.165) is 15.5 Å². The minimum Gasteiger partial charge on any atom is -0.408 e. The summed E-state index contributed by atoms with van der Waals surface area (Å²) in [5.74, 6) is -2.18. The number of benzene rings is 1. The molecule has 0 spiro atoms. The number of piperidine rings is 1. The molecule has 1 aliphatic heterocycles. The number of aromatic nitrogens is 1. The number of carbonyl (C=O) groups excluding carboxylic acids is 2. The highest BCUT2D eigenvalue weighted by molar-refractivity contribution is 9.10. The Hall–Kier alpha value is -2.04. The van der Waals surface area contributed by atoms with Gasteiger partial charge in [0.1, 0.15) is 18.6 Å². The molecule has 0 radical (unpaired) electrons. The number of ether oxygens (including phenoxy) is 1. The number of rotatable bonds is 7. The van der Waals surface area contributed by atoms with Gasteiger partial charge >= 0.3 is 5.76 Å². The molecule has 1 saturated heterocycles. The second kappa shape index (κ2) is 8.99. The Balaban J connectivity index is 1.77. The molecule has 1 aliphatic rings. The summed E-state index contributed by atoms with van der Waals surface area (Å²) in [4.78, 5) is 38.5. The molecule has 30 heavy (non-hydrogen) atoms. The van der Waals surface area contributed by atoms with Crippen molar-refractivity contribution in [1.29, 1.82) is 0 Å². The molecule has 0 aliphatic carbocycles. The molecule has 1 fully saturated rings. The van der Waals surface area contributed by atoms with E-state index in [1.165, 1.54) is 18.3 Å². The first-order valence-electron chi connectivity index (χ1n) is 9.66. The fourth-order valence-electron chi connectivity index (χ4n) is 3.13. The monoisotopic (exact) mass is 498 g/mol. The summed E-state index contributed by atoms with van der Waals surface area (Å²) >= 11 is 3.18. The first kappa shape index (κ1) is 22.6. The lowest BCUT2D eigenvalue weighted by atomic mass is 10.0. The highest BCUT2D eigenvalue weighted by Crippen LogP contribution is 2.28. The molecule has 2 amide bonds. The molecule has 1 atom stereocenters. The summed E-state index contributed by atoms with van der Waals surface area (Å²) < 4.78 is 26.7. The Morgan fingerprint density at radius 2 is 2.00 bits per heavy atom. The first-order valence-corrected chi connectivity index (χ1v) is 14.2. The van der Waals surface area contributed by atoms with Gasteiger partial charge in [0.2, 0.25) is 5.91 Å². The van der Waals surface area contributed by atoms with Gasteiger partial charge in [0.15, 0.2) is 5.76 Å². The second-order valence-electron chi connectivity index (χ2n) is 8.46. The minimum atomic E-state index is -1.29. The molecular formula is C20H24BrFN2O5Si. The Morgan fingerprint density at radius 1 is 1.27 bits per heavy atom. The van der Waals surface area contributed by atoms with E-state index in [-0.39, 0.29) is 36.8 Å². The van der Waals surface area contributed by atoms with Crippen LogP contribution in [0.3, 0.4) is 0 Å². The van der Waals surface area contributed by atoms with Gasteiger partial charge in [-0.1, -0.05) is 35.6 Å². The van der Waals surface area contributed by atoms with Crippen molar-refractivity contribution in [3.8, 4) is 11.3 Å². The average molecular weight is 499 g/mol. The number of halogens is 2. The van der Waals surface area contributed by atoms with Gasteiger partial charge < -0.3 is 9.15 Å². The molecule has 2 aromatic rings. The summed E-state index contributed by atoms with van der Waals surface area (Å²) in [5, 5.41) is 0. The van der Waals surface area contributed by atoms with Crippen molar-refractivity contribution < 1.29 is 23.1 Å². The predicted octanol–water partition coefficient (Wildman–Crippen LogP) is 4.01. The van der Waals surface area contributed by atoms with Crippen LogP contribution in [0.5, 0.6) is 0 Å². The third-order valence-corrected chi connectivity index (χ3v) is 7.09. The summed E-state index contributed by atoms with van der Waals surface area (Å²) in [5.41, 5.74) is 0.111. The standard InChI is InChI=1S/C20H24BrFN2O5Si/c1-30(2,3)9-8-28-12-24-18(25)7-6-16(19(24)26)23-11-17(29-20(23)27)14-5-4-13(21)10-15(14)22/h4-5,10-11,16H,6-9,12H2,1-3H3. The number of amides is 2. The van der Waals surface area contributed by atoms with Crippen molar-refractivity contribution >= 4 is 35.8 Å². The molecule has 0 saturated carbocycles. The van der Waals surface area contributed by atoms with Crippen LogP contribution in [0.25, 0.3) is 11.3 Å². The van der Waals surface area contributed by atoms with Crippen molar-refractivity contribution in [1.82, 2.24) is 9.47 Å². The number of imide groups is 1. The van der Waals surface area contributed by atoms with Crippen LogP contribution in [-0.2, 0) is 14.3 Å². The van der Waals surface area contributed by atoms with Crippen molar-refractivity contribution in [2.24, 2.45) is 0 Å². The number of hydrogen-bond acceptors (Lipinski definition) is 5. The highest BCUT2D eigenvalue weighted by Gasteiger charge is 2.37. The largest absolute Gasteiger partial charge is 0.420 e. The van der Waals surface area contributed by atoms with Crippen LogP contribution in [0.2, 0.25) is 25.7 Å². The molecule has 1 unspecified atom stereocenters. The van der Waals surface area contributed by atoms with Crippen molar-refractivity contribution in [2.45, 2.75) is 44.6 Å². The maximum Gasteiger partial charge on any atom is 0.420 e. The molecule has 7 nitrogen and oxygen atoms in total. The topological polar surface area (TPSA) is 81.8 Å². The highest BCUT2D eigenvalue weighted by atomic mass is 79.9. The zero-order valence-electron chi connectivity index (χ0n) is 17.1. The maximum atomic E-state index is 14.2. The molecule has 0 N–H and O–H groups in total. The zero-order valence-corrected chi connectivity index (χ0v) is 19.7. The van der Waals surface area contributed by atoms with Crippen LogP contribution in [0.4, 0.5) is 4.39 Å². The lowest BCUT2D eigenvalue weighted by Crippen LogP contribution is -2.48. The van der Waals surface area contributed by atoms with Crippen LogP contribution >= 0.6 is 15.9 Å². The number of hydrogen-bond donors (Lipinski definition) is 0. The van der Waals surface area contributed by atoms with Gasteiger partial charge in [-0.25, -0.2) is 9.18 Å². The van der Waals surface area contributed by atoms with Gasteiger partial charge in [0.05, 0.1) is 11.8 Å². The van der Waals surface area contributed by atoms with Crippen LogP contribution in [0.1, 0.15) is 18.9 Å². The minimum absolute atomic E-state index is 0.0210. The van der Waals surface area contributed by atoms with Crippen molar-refractivity contribution in [2.75, 3.05) is 13.3 Å². The molecule has 162 valence electrons. The van der Waals surface area contributed by atoms with E-state index in [9.17, 15) is 18.8 Å². The van der Waals surface area contributed by atoms with Gasteiger partial charge in [-0.05, 0) is 30.7 Å². The van der Waals surface area contributed by atoms with E-state index in [1.54, 1.807) is 6.07 Å². The Labute approximate surface area is 182 Å². The lowest BCUT2D eigenvalue weighted by Gasteiger charge is -2.30. The molecule has 2 heterocycles. The van der Waals surface area contributed by atoms with Gasteiger partial charge in [0, 0.05) is 25.6 Å². The Morgan fingerprint density at radius 3 is 2.67 bits per heavy atom. The molecular weight excluding hydrogens is 475 g/mol. The van der Waals surface area contributed by atoms with Gasteiger partial charge in [-0.3, -0.25) is 19.1 Å². The van der Waals surface area contributed by atoms with E-state index in [4.69, 9.17) is 9.15 Å². The van der Waals surface area contributed by atoms with E-state index in [2.05, 4.69) is 35.6 Å². The molecule has 0 bridgehead atoms. The maximum absolute atomic E-state index is 14.2. The number of carbonyl (C=O) groups is 2. The smallest absolute Gasteiger partial charge is 0.408 e. The normalized spacial score (nSPS) is 17.6. The van der Waals surface area contributed by atoms with Crippen LogP contribution in [0, 0.1) is 5.82 Å². The molecule has 1 aromatic carbocycles. The number of oxazole rings is 1. The van der Waals surface area contributed by atoms with Crippen LogP contribution < -0.4 is 5.76 Å². The van der Waals surface area contributed by atoms with Crippen LogP contribution in [-0.4, -0.2) is 42.7 Å². The molecule has 3 rings (SSSR count). The number of likely N-dealkylation sites (tertiary alicyclic amines) is 1. The summed E-state index contributed by atoms with van der Waals surface area (Å²) in [6, 6.07) is 4.38. The third-order valence-electron chi connectivity index (χ3n) is 4.90. The van der Waals surface area contributed by atoms with E-state index >= 15 is 0 Å².